The van der Waals surface area contributed by atoms with E-state index < -0.39 is 10.0 Å². The average molecular weight is 520 g/mol. The van der Waals surface area contributed by atoms with Crippen LogP contribution in [0.4, 0.5) is 4.39 Å². The summed E-state index contributed by atoms with van der Waals surface area (Å²) in [6, 6.07) is 10.1. The number of aromatic nitrogens is 2. The van der Waals surface area contributed by atoms with Crippen molar-refractivity contribution in [3.05, 3.63) is 53.3 Å². The van der Waals surface area contributed by atoms with Gasteiger partial charge in [0, 0.05) is 38.6 Å². The highest BCUT2D eigenvalue weighted by atomic mass is 32.2. The van der Waals surface area contributed by atoms with Crippen LogP contribution in [0.1, 0.15) is 44.2 Å². The van der Waals surface area contributed by atoms with Crippen molar-refractivity contribution >= 4 is 32.8 Å². The molecule has 0 bridgehead atoms. The van der Waals surface area contributed by atoms with E-state index in [9.17, 15) is 12.8 Å². The Morgan fingerprint density at radius 2 is 2.06 bits per heavy atom. The van der Waals surface area contributed by atoms with Gasteiger partial charge >= 0.3 is 0 Å². The summed E-state index contributed by atoms with van der Waals surface area (Å²) in [7, 11) is -3.56. The first kappa shape index (κ1) is 26.1. The van der Waals surface area contributed by atoms with Crippen LogP contribution in [-0.2, 0) is 27.1 Å². The molecule has 0 aliphatic carbocycles. The number of rotatable bonds is 10. The number of piperidine rings is 1. The van der Waals surface area contributed by atoms with E-state index in [-0.39, 0.29) is 10.7 Å². The minimum absolute atomic E-state index is 0.252. The number of sulfonamides is 1. The maximum Gasteiger partial charge on any atom is 0.243 e. The predicted molar refractivity (Wildman–Crippen MR) is 139 cm³/mol. The van der Waals surface area contributed by atoms with Gasteiger partial charge in [-0.05, 0) is 80.5 Å². The van der Waals surface area contributed by atoms with Gasteiger partial charge in [-0.25, -0.2) is 17.8 Å². The molecule has 0 amide bonds. The molecule has 2 heterocycles. The number of hydrogen-bond acceptors (Lipinski definition) is 5. The summed E-state index contributed by atoms with van der Waals surface area (Å²) in [4.78, 5) is 5.11. The van der Waals surface area contributed by atoms with Crippen LogP contribution in [0.5, 0.6) is 0 Å². The second-order valence-corrected chi connectivity index (χ2v) is 12.1. The zero-order chi connectivity index (χ0) is 25.0. The number of benzene rings is 2. The van der Waals surface area contributed by atoms with Crippen molar-refractivity contribution in [3.8, 4) is 0 Å². The van der Waals surface area contributed by atoms with Gasteiger partial charge in [-0.15, -0.1) is 0 Å². The molecule has 1 saturated heterocycles. The molecule has 3 aromatic rings. The Kier molecular flexibility index (Phi) is 8.52. The zero-order valence-electron chi connectivity index (χ0n) is 20.7. The molecule has 0 saturated carbocycles. The third-order valence-corrected chi connectivity index (χ3v) is 9.37. The number of halogens is 1. The van der Waals surface area contributed by atoms with Crippen LogP contribution in [-0.4, -0.2) is 48.6 Å². The highest BCUT2D eigenvalue weighted by molar-refractivity contribution is 7.98. The van der Waals surface area contributed by atoms with Crippen molar-refractivity contribution in [2.24, 2.45) is 5.92 Å². The van der Waals surface area contributed by atoms with Crippen molar-refractivity contribution in [1.82, 2.24) is 13.9 Å². The Morgan fingerprint density at radius 1 is 1.23 bits per heavy atom. The molecule has 1 aromatic heterocycles. The van der Waals surface area contributed by atoms with Gasteiger partial charge in [0.2, 0.25) is 10.0 Å². The van der Waals surface area contributed by atoms with Crippen LogP contribution in [0.2, 0.25) is 0 Å². The molecule has 1 fully saturated rings. The summed E-state index contributed by atoms with van der Waals surface area (Å²) < 4.78 is 49.7. The normalized spacial score (nSPS) is 17.3. The quantitative estimate of drug-likeness (QED) is 0.257. The highest BCUT2D eigenvalue weighted by Crippen LogP contribution is 2.31. The van der Waals surface area contributed by atoms with Crippen LogP contribution in [0.15, 0.2) is 46.5 Å². The second-order valence-electron chi connectivity index (χ2n) is 9.22. The van der Waals surface area contributed by atoms with Gasteiger partial charge < -0.3 is 9.30 Å². The number of nitrogens with zero attached hydrogens (tertiary/aromatic N) is 3. The monoisotopic (exact) mass is 519 g/mol. The average Bonchev–Trinajstić information content (AvgIpc) is 3.19. The molecule has 35 heavy (non-hydrogen) atoms. The van der Waals surface area contributed by atoms with Crippen molar-refractivity contribution in [2.45, 2.75) is 62.4 Å². The van der Waals surface area contributed by atoms with E-state index in [1.54, 1.807) is 28.6 Å². The Bertz CT molecular complexity index is 1280. The number of aryl methyl sites for hydroxylation is 2. The van der Waals surface area contributed by atoms with Crippen LogP contribution in [0.25, 0.3) is 11.0 Å². The molecule has 0 radical (unpaired) electrons. The molecule has 190 valence electrons. The van der Waals surface area contributed by atoms with Gasteiger partial charge in [0.1, 0.15) is 5.82 Å². The molecule has 6 nitrogen and oxygen atoms in total. The molecule has 0 unspecified atom stereocenters. The molecule has 1 atom stereocenters. The Morgan fingerprint density at radius 3 is 2.83 bits per heavy atom. The van der Waals surface area contributed by atoms with Crippen molar-refractivity contribution in [2.75, 3.05) is 26.3 Å². The van der Waals surface area contributed by atoms with Gasteiger partial charge in [-0.2, -0.15) is 4.31 Å². The Hall–Kier alpha value is -1.94. The number of fused-ring (bicyclic) bond motifs is 1. The first-order valence-corrected chi connectivity index (χ1v) is 14.7. The fourth-order valence-corrected chi connectivity index (χ4v) is 7.22. The fraction of sp³-hybridized carbons (Fsp3) is 0.500. The van der Waals surface area contributed by atoms with Crippen LogP contribution in [0.3, 0.4) is 0 Å². The molecule has 0 N–H and O–H groups in total. The van der Waals surface area contributed by atoms with E-state index in [0.717, 1.165) is 41.1 Å². The van der Waals surface area contributed by atoms with E-state index in [1.165, 1.54) is 17.8 Å². The summed E-state index contributed by atoms with van der Waals surface area (Å²) in [6.07, 6.45) is 2.76. The van der Waals surface area contributed by atoms with Crippen LogP contribution in [0, 0.1) is 18.7 Å². The molecule has 0 spiro atoms. The summed E-state index contributed by atoms with van der Waals surface area (Å²) in [5.74, 6) is 0.689. The predicted octanol–water partition coefficient (Wildman–Crippen LogP) is 5.62. The number of ether oxygens (including phenoxy) is 1. The molecule has 4 rings (SSSR count). The zero-order valence-corrected chi connectivity index (χ0v) is 22.3. The smallest absolute Gasteiger partial charge is 0.243 e. The Labute approximate surface area is 211 Å². The first-order valence-electron chi connectivity index (χ1n) is 12.3. The minimum atomic E-state index is -3.56. The van der Waals surface area contributed by atoms with Crippen LogP contribution >= 0.6 is 11.8 Å². The number of hydrogen-bond donors (Lipinski definition) is 0. The standard InChI is InChI=1S/C26H34FN3O3S2/c1-4-33-14-6-13-30-25-11-10-23(35(31,32)29-12-5-7-19(2)17-29)16-24(25)28-26(30)34-18-21-15-22(27)9-8-20(21)3/h8-11,15-16,19H,4-7,12-14,17-18H2,1-3H3/t19-/m1/s1. The second kappa shape index (κ2) is 11.4. The maximum atomic E-state index is 13.8. The first-order chi connectivity index (χ1) is 16.8. The van der Waals surface area contributed by atoms with E-state index in [2.05, 4.69) is 11.5 Å². The lowest BCUT2D eigenvalue weighted by Gasteiger charge is -2.30. The molecular weight excluding hydrogens is 485 g/mol. The highest BCUT2D eigenvalue weighted by Gasteiger charge is 2.29. The van der Waals surface area contributed by atoms with Gasteiger partial charge in [0.25, 0.3) is 0 Å². The van der Waals surface area contributed by atoms with Gasteiger partial charge in [-0.1, -0.05) is 24.8 Å². The third kappa shape index (κ3) is 6.07. The van der Waals surface area contributed by atoms with E-state index in [0.29, 0.717) is 50.0 Å². The lowest BCUT2D eigenvalue weighted by Crippen LogP contribution is -2.39. The largest absolute Gasteiger partial charge is 0.382 e. The molecule has 2 aromatic carbocycles. The summed E-state index contributed by atoms with van der Waals surface area (Å²) in [5, 5.41) is 0.793. The van der Waals surface area contributed by atoms with Gasteiger partial charge in [-0.3, -0.25) is 0 Å². The maximum absolute atomic E-state index is 13.8. The van der Waals surface area contributed by atoms with E-state index in [4.69, 9.17) is 9.72 Å². The lowest BCUT2D eigenvalue weighted by molar-refractivity contribution is 0.141. The minimum Gasteiger partial charge on any atom is -0.382 e. The Balaban J connectivity index is 1.64. The third-order valence-electron chi connectivity index (χ3n) is 6.48. The van der Waals surface area contributed by atoms with Gasteiger partial charge in [0.05, 0.1) is 15.9 Å². The number of imidazole rings is 1. The lowest BCUT2D eigenvalue weighted by atomic mass is 10.0. The molecule has 9 heteroatoms. The van der Waals surface area contributed by atoms with Crippen LogP contribution < -0.4 is 0 Å². The summed E-state index contributed by atoms with van der Waals surface area (Å²) in [5.41, 5.74) is 3.50. The fourth-order valence-electron chi connectivity index (χ4n) is 4.49. The van der Waals surface area contributed by atoms with Crippen molar-refractivity contribution in [1.29, 1.82) is 0 Å². The van der Waals surface area contributed by atoms with Crippen molar-refractivity contribution < 1.29 is 17.5 Å². The van der Waals surface area contributed by atoms with E-state index in [1.807, 2.05) is 19.9 Å². The SMILES string of the molecule is CCOCCCn1c(SCc2cc(F)ccc2C)nc2cc(S(=O)(=O)N3CCC[C@@H](C)C3)ccc21. The molecule has 1 aliphatic heterocycles. The van der Waals surface area contributed by atoms with E-state index >= 15 is 0 Å². The summed E-state index contributed by atoms with van der Waals surface area (Å²) in [6.45, 7) is 9.17. The molecule has 1 aliphatic rings. The van der Waals surface area contributed by atoms with Gasteiger partial charge in [0.15, 0.2) is 5.16 Å². The van der Waals surface area contributed by atoms with Crippen molar-refractivity contribution in [3.63, 3.8) is 0 Å². The summed E-state index contributed by atoms with van der Waals surface area (Å²) >= 11 is 1.54. The number of thioether (sulfide) groups is 1. The molecular formula is C26H34FN3O3S2. The topological polar surface area (TPSA) is 64.4 Å².